The first-order valence-corrected chi connectivity index (χ1v) is 15.2. The third kappa shape index (κ3) is 5.96. The van der Waals surface area contributed by atoms with E-state index in [9.17, 15) is 14.0 Å². The van der Waals surface area contributed by atoms with Gasteiger partial charge in [-0.3, -0.25) is 19.8 Å². The highest BCUT2D eigenvalue weighted by Crippen LogP contribution is 2.35. The molecule has 234 valence electrons. The number of benzene rings is 2. The number of carbonyl (C=O) groups excluding carboxylic acids is 2. The zero-order valence-electron chi connectivity index (χ0n) is 24.9. The Kier molecular flexibility index (Phi) is 7.97. The van der Waals surface area contributed by atoms with Crippen LogP contribution in [0.3, 0.4) is 0 Å². The van der Waals surface area contributed by atoms with Crippen molar-refractivity contribution in [2.75, 3.05) is 24.1 Å². The van der Waals surface area contributed by atoms with Crippen LogP contribution in [-0.4, -0.2) is 60.6 Å². The van der Waals surface area contributed by atoms with Crippen molar-refractivity contribution >= 4 is 34.4 Å². The van der Waals surface area contributed by atoms with Gasteiger partial charge in [-0.05, 0) is 67.3 Å². The van der Waals surface area contributed by atoms with Crippen LogP contribution in [0.2, 0.25) is 0 Å². The number of amides is 2. The molecule has 1 unspecified atom stereocenters. The van der Waals surface area contributed by atoms with Gasteiger partial charge in [-0.15, -0.1) is 0 Å². The maximum atomic E-state index is 14.9. The van der Waals surface area contributed by atoms with E-state index in [1.165, 1.54) is 12.5 Å². The lowest BCUT2D eigenvalue weighted by Gasteiger charge is -2.33. The van der Waals surface area contributed by atoms with Crippen LogP contribution < -0.4 is 21.1 Å². The SMILES string of the molecule is Nc1ncnc2c1c(-c1ccc(Oc3ccccc3)cc1)nn2C1CCN(Cc2ccnc(F)c2NC2CCC(=O)NC2=O)CC1. The molecule has 0 bridgehead atoms. The van der Waals surface area contributed by atoms with Gasteiger partial charge >= 0.3 is 0 Å². The molecule has 0 aliphatic carbocycles. The summed E-state index contributed by atoms with van der Waals surface area (Å²) in [6.45, 7) is 1.93. The summed E-state index contributed by atoms with van der Waals surface area (Å²) >= 11 is 0. The largest absolute Gasteiger partial charge is 0.457 e. The van der Waals surface area contributed by atoms with Crippen molar-refractivity contribution in [2.24, 2.45) is 0 Å². The van der Waals surface area contributed by atoms with Crippen molar-refractivity contribution in [3.63, 3.8) is 0 Å². The van der Waals surface area contributed by atoms with Gasteiger partial charge in [-0.25, -0.2) is 19.6 Å². The monoisotopic (exact) mass is 621 g/mol. The predicted octanol–water partition coefficient (Wildman–Crippen LogP) is 4.46. The maximum absolute atomic E-state index is 14.9. The minimum absolute atomic E-state index is 0.0673. The van der Waals surface area contributed by atoms with E-state index in [4.69, 9.17) is 15.6 Å². The number of fused-ring (bicyclic) bond motifs is 1. The third-order valence-corrected chi connectivity index (χ3v) is 8.47. The summed E-state index contributed by atoms with van der Waals surface area (Å²) in [5.41, 5.74) is 9.51. The van der Waals surface area contributed by atoms with Gasteiger partial charge in [0.15, 0.2) is 5.65 Å². The van der Waals surface area contributed by atoms with E-state index < -0.39 is 17.9 Å². The Morgan fingerprint density at radius 2 is 1.72 bits per heavy atom. The predicted molar refractivity (Wildman–Crippen MR) is 169 cm³/mol. The fourth-order valence-electron chi connectivity index (χ4n) is 6.08. The Morgan fingerprint density at radius 1 is 0.957 bits per heavy atom. The molecule has 5 heterocycles. The van der Waals surface area contributed by atoms with E-state index in [2.05, 4.69) is 30.5 Å². The van der Waals surface area contributed by atoms with E-state index in [1.807, 2.05) is 59.3 Å². The third-order valence-electron chi connectivity index (χ3n) is 8.47. The summed E-state index contributed by atoms with van der Waals surface area (Å²) in [5.74, 6) is 0.367. The number of rotatable bonds is 8. The molecule has 12 nitrogen and oxygen atoms in total. The van der Waals surface area contributed by atoms with Gasteiger partial charge in [-0.2, -0.15) is 9.49 Å². The highest BCUT2D eigenvalue weighted by molar-refractivity contribution is 6.01. The summed E-state index contributed by atoms with van der Waals surface area (Å²) in [6, 6.07) is 18.4. The second-order valence-electron chi connectivity index (χ2n) is 11.5. The standard InChI is InChI=1S/C33H32FN9O3/c34-30-29(39-25-10-11-26(44)40-33(25)45)21(12-15-36-30)18-42-16-13-22(14-17-42)43-32-27(31(35)37-19-38-32)28(41-43)20-6-8-24(9-7-20)46-23-4-2-1-3-5-23/h1-9,12,15,19,22,25,39H,10-11,13-14,16-18H2,(H2,35,37,38)(H,40,44,45). The second kappa shape index (κ2) is 12.5. The van der Waals surface area contributed by atoms with E-state index in [1.54, 1.807) is 6.07 Å². The Hall–Kier alpha value is -5.43. The molecule has 46 heavy (non-hydrogen) atoms. The van der Waals surface area contributed by atoms with Gasteiger partial charge in [0.25, 0.3) is 0 Å². The molecule has 3 aromatic heterocycles. The summed E-state index contributed by atoms with van der Waals surface area (Å²) in [5, 5.41) is 11.0. The Labute approximate surface area is 263 Å². The topological polar surface area (TPSA) is 153 Å². The zero-order chi connectivity index (χ0) is 31.6. The van der Waals surface area contributed by atoms with Crippen LogP contribution in [0.1, 0.15) is 37.3 Å². The van der Waals surface area contributed by atoms with Crippen molar-refractivity contribution in [3.8, 4) is 22.8 Å². The number of ether oxygens (including phenoxy) is 1. The number of para-hydroxylation sites is 1. The number of likely N-dealkylation sites (tertiary alicyclic amines) is 1. The van der Waals surface area contributed by atoms with E-state index in [0.717, 1.165) is 37.2 Å². The lowest BCUT2D eigenvalue weighted by molar-refractivity contribution is -0.133. The Balaban J connectivity index is 1.07. The number of piperidine rings is 2. The van der Waals surface area contributed by atoms with Gasteiger partial charge < -0.3 is 15.8 Å². The lowest BCUT2D eigenvalue weighted by atomic mass is 10.0. The van der Waals surface area contributed by atoms with Crippen LogP contribution >= 0.6 is 0 Å². The molecule has 4 N–H and O–H groups in total. The molecular weight excluding hydrogens is 589 g/mol. The molecule has 0 spiro atoms. The molecule has 2 aliphatic rings. The van der Waals surface area contributed by atoms with Crippen LogP contribution in [0, 0.1) is 5.95 Å². The number of hydrogen-bond acceptors (Lipinski definition) is 10. The minimum atomic E-state index is -0.704. The Bertz CT molecular complexity index is 1890. The second-order valence-corrected chi connectivity index (χ2v) is 11.5. The van der Waals surface area contributed by atoms with Crippen LogP contribution in [0.4, 0.5) is 15.9 Å². The zero-order valence-corrected chi connectivity index (χ0v) is 24.9. The van der Waals surface area contributed by atoms with Gasteiger partial charge in [0.1, 0.15) is 35.4 Å². The first kappa shape index (κ1) is 29.3. The molecule has 1 atom stereocenters. The number of nitrogens with zero attached hydrogens (tertiary/aromatic N) is 6. The van der Waals surface area contributed by atoms with Crippen molar-refractivity contribution in [1.82, 2.24) is 34.9 Å². The van der Waals surface area contributed by atoms with Crippen molar-refractivity contribution in [2.45, 2.75) is 44.3 Å². The number of imide groups is 1. The van der Waals surface area contributed by atoms with Crippen molar-refractivity contribution in [3.05, 3.63) is 84.7 Å². The molecule has 2 fully saturated rings. The molecule has 13 heteroatoms. The fraction of sp³-hybridized carbons (Fsp3) is 0.273. The smallest absolute Gasteiger partial charge is 0.249 e. The molecule has 7 rings (SSSR count). The van der Waals surface area contributed by atoms with E-state index >= 15 is 0 Å². The molecule has 2 saturated heterocycles. The number of hydrogen-bond donors (Lipinski definition) is 3. The molecule has 0 radical (unpaired) electrons. The number of nitrogen functional groups attached to an aromatic ring is 1. The molecular formula is C33H32FN9O3. The molecule has 2 amide bonds. The summed E-state index contributed by atoms with van der Waals surface area (Å²) in [6.07, 6.45) is 4.95. The molecule has 2 aromatic carbocycles. The summed E-state index contributed by atoms with van der Waals surface area (Å²) < 4.78 is 22.8. The van der Waals surface area contributed by atoms with Gasteiger partial charge in [0.05, 0.1) is 17.1 Å². The number of aromatic nitrogens is 5. The number of carbonyl (C=O) groups is 2. The number of nitrogens with two attached hydrogens (primary N) is 1. The van der Waals surface area contributed by atoms with E-state index in [-0.39, 0.29) is 24.1 Å². The highest BCUT2D eigenvalue weighted by atomic mass is 19.1. The summed E-state index contributed by atoms with van der Waals surface area (Å²) in [4.78, 5) is 38.7. The lowest BCUT2D eigenvalue weighted by Crippen LogP contribution is -2.47. The number of nitrogens with one attached hydrogen (secondary N) is 2. The summed E-state index contributed by atoms with van der Waals surface area (Å²) in [7, 11) is 0. The fourth-order valence-corrected chi connectivity index (χ4v) is 6.08. The number of halogens is 1. The average molecular weight is 622 g/mol. The molecule has 5 aromatic rings. The van der Waals surface area contributed by atoms with Gasteiger partial charge in [-0.1, -0.05) is 18.2 Å². The average Bonchev–Trinajstić information content (AvgIpc) is 3.46. The molecule has 0 saturated carbocycles. The Morgan fingerprint density at radius 3 is 2.48 bits per heavy atom. The van der Waals surface area contributed by atoms with Gasteiger partial charge in [0.2, 0.25) is 17.8 Å². The van der Waals surface area contributed by atoms with Crippen LogP contribution in [0.15, 0.2) is 73.2 Å². The number of pyridine rings is 1. The van der Waals surface area contributed by atoms with Crippen LogP contribution in [0.5, 0.6) is 11.5 Å². The van der Waals surface area contributed by atoms with Crippen LogP contribution in [0.25, 0.3) is 22.3 Å². The van der Waals surface area contributed by atoms with Gasteiger partial charge in [0, 0.05) is 37.8 Å². The van der Waals surface area contributed by atoms with Crippen LogP contribution in [-0.2, 0) is 16.1 Å². The highest BCUT2D eigenvalue weighted by Gasteiger charge is 2.30. The first-order chi connectivity index (χ1) is 22.4. The minimum Gasteiger partial charge on any atom is -0.457 e. The van der Waals surface area contributed by atoms with E-state index in [0.29, 0.717) is 46.8 Å². The maximum Gasteiger partial charge on any atom is 0.249 e. The molecule has 2 aliphatic heterocycles. The normalized spacial score (nSPS) is 17.6. The number of anilines is 2. The van der Waals surface area contributed by atoms with Crippen molar-refractivity contribution < 1.29 is 18.7 Å². The quantitative estimate of drug-likeness (QED) is 0.167. The first-order valence-electron chi connectivity index (χ1n) is 15.2. The van der Waals surface area contributed by atoms with Crippen molar-refractivity contribution in [1.29, 1.82) is 0 Å².